The van der Waals surface area contributed by atoms with Crippen molar-refractivity contribution in [2.75, 3.05) is 59.7 Å². The maximum atomic E-state index is 6.74. The van der Waals surface area contributed by atoms with Crippen molar-refractivity contribution in [3.63, 3.8) is 0 Å². The molecule has 0 amide bonds. The molecule has 0 saturated carbocycles. The molecule has 0 unspecified atom stereocenters. The molecule has 6 aliphatic rings. The Morgan fingerprint density at radius 2 is 1.10 bits per heavy atom. The van der Waals surface area contributed by atoms with Crippen LogP contribution in [-0.4, -0.2) is 123 Å². The number of benzene rings is 1. The van der Waals surface area contributed by atoms with Gasteiger partial charge in [0.05, 0.1) is 65.6 Å². The van der Waals surface area contributed by atoms with Gasteiger partial charge in [0.15, 0.2) is 16.9 Å². The number of halogens is 1. The molecular weight excluding hydrogens is 1340 g/mol. The predicted octanol–water partition coefficient (Wildman–Crippen LogP) is 11.3. The van der Waals surface area contributed by atoms with Crippen molar-refractivity contribution >= 4 is 110 Å². The van der Waals surface area contributed by atoms with Crippen LogP contribution in [0.5, 0.6) is 0 Å². The molecular formula is C70H71ClN24S4. The Labute approximate surface area is 591 Å². The van der Waals surface area contributed by atoms with E-state index in [1.807, 2.05) is 103 Å². The molecule has 99 heavy (non-hydrogen) atoms. The highest BCUT2D eigenvalue weighted by atomic mass is 35.5. The van der Waals surface area contributed by atoms with Crippen LogP contribution in [0.1, 0.15) is 100 Å². The van der Waals surface area contributed by atoms with Gasteiger partial charge in [0, 0.05) is 144 Å². The number of pyridine rings is 4. The summed E-state index contributed by atoms with van der Waals surface area (Å²) in [5, 5.41) is 18.5. The van der Waals surface area contributed by atoms with Gasteiger partial charge in [-0.25, -0.2) is 39.3 Å². The molecule has 15 heterocycles. The van der Waals surface area contributed by atoms with Gasteiger partial charge in [-0.3, -0.25) is 28.9 Å². The third kappa shape index (κ3) is 11.4. The molecule has 29 heteroatoms. The van der Waals surface area contributed by atoms with E-state index in [9.17, 15) is 0 Å². The van der Waals surface area contributed by atoms with Crippen molar-refractivity contribution in [3.8, 4) is 0 Å². The number of aryl methyl sites for hydroxylation is 2. The molecule has 12 aromatic heterocycles. The average molecular weight is 1410 g/mol. The molecule has 3 spiro atoms. The van der Waals surface area contributed by atoms with Gasteiger partial charge in [-0.2, -0.15) is 5.10 Å². The van der Waals surface area contributed by atoms with Crippen LogP contribution in [0.25, 0.3) is 27.8 Å². The number of rotatable bonds is 9. The Bertz CT molecular complexity index is 5180. The Kier molecular flexibility index (Phi) is 16.5. The monoisotopic (exact) mass is 1410 g/mol. The van der Waals surface area contributed by atoms with E-state index in [1.165, 1.54) is 33.5 Å². The van der Waals surface area contributed by atoms with Crippen molar-refractivity contribution in [3.05, 3.63) is 190 Å². The van der Waals surface area contributed by atoms with Gasteiger partial charge in [-0.1, -0.05) is 65.1 Å². The molecule has 3 aliphatic carbocycles. The minimum Gasteiger partial charge on any atom is -0.382 e. The Morgan fingerprint density at radius 1 is 0.525 bits per heavy atom. The van der Waals surface area contributed by atoms with E-state index < -0.39 is 0 Å². The lowest BCUT2D eigenvalue weighted by Crippen LogP contribution is -2.45. The van der Waals surface area contributed by atoms with Crippen LogP contribution in [0, 0.1) is 30.1 Å². The summed E-state index contributed by atoms with van der Waals surface area (Å²) in [6.07, 6.45) is 33.3. The number of hydrogen-bond donors (Lipinski definition) is 5. The number of nitrogens with two attached hydrogens (primary N) is 4. The van der Waals surface area contributed by atoms with Crippen LogP contribution in [0.2, 0.25) is 5.02 Å². The zero-order chi connectivity index (χ0) is 67.2. The lowest BCUT2D eigenvalue weighted by Gasteiger charge is -2.42. The largest absolute Gasteiger partial charge is 0.382 e. The minimum atomic E-state index is 0.00485. The molecule has 9 N–H and O–H groups in total. The van der Waals surface area contributed by atoms with E-state index in [0.29, 0.717) is 10.8 Å². The maximum absolute atomic E-state index is 6.74. The summed E-state index contributed by atoms with van der Waals surface area (Å²) in [5.74, 6) is 3.04. The standard InChI is InChI=1S/C25H24N8S.C23H24N8S.C22H23ClN8S2/c26-22-16-3-2-8-27-19(16)13-25(22)6-10-32(11-7-25)24-29-15-21(23-28-9-12-33(23)24)34-20-5-1-4-18-17(20)14-30-31-18;1-15-17(5-3-8-25-15)32-18-13-27-22(31-14-28-29-21(18)31)30-10-6-23(7-11-30)12-16-4-2-9-26-19(16)20(23)24;1-12-29-17-14(32-12)10-22(18(17)24)3-7-30(8-4-22)21-28-11-15(20-27-6-9-31(20)21)33-13-2-5-26-19(25)16(13)23/h1-5,8-9,12,14-15,22H,6-7,10-11,13,26H2,(H,30,31);2-5,8-9,13-14,20H,6-7,10-12,24H2,1H3;2,5-6,9,11,18H,3-4,7-8,10,24H2,1H3,(H2,25,26)/t22-;20-;18-/m111/s1. The molecule has 24 nitrogen and oxygen atoms in total. The van der Waals surface area contributed by atoms with Crippen LogP contribution < -0.4 is 37.6 Å². The maximum Gasteiger partial charge on any atom is 0.212 e. The summed E-state index contributed by atoms with van der Waals surface area (Å²) in [5.41, 5.74) is 36.8. The summed E-state index contributed by atoms with van der Waals surface area (Å²) >= 11 is 12.9. The van der Waals surface area contributed by atoms with Crippen molar-refractivity contribution in [2.45, 2.75) is 119 Å². The fraction of sp³-hybridized carbons (Fsp3) is 0.329. The van der Waals surface area contributed by atoms with E-state index in [-0.39, 0.29) is 34.4 Å². The highest BCUT2D eigenvalue weighted by molar-refractivity contribution is 8.00. The number of thiazole rings is 1. The van der Waals surface area contributed by atoms with Crippen LogP contribution in [-0.2, 0) is 19.3 Å². The second kappa shape index (κ2) is 25.7. The molecule has 3 atom stereocenters. The second-order valence-electron chi connectivity index (χ2n) is 26.7. The number of aromatic nitrogens is 17. The van der Waals surface area contributed by atoms with Gasteiger partial charge < -0.3 is 37.6 Å². The fourth-order valence-electron chi connectivity index (χ4n) is 15.8. The van der Waals surface area contributed by atoms with Crippen LogP contribution in [0.3, 0.4) is 0 Å². The smallest absolute Gasteiger partial charge is 0.212 e. The third-order valence-electron chi connectivity index (χ3n) is 21.3. The molecule has 3 saturated heterocycles. The Morgan fingerprint density at radius 3 is 1.76 bits per heavy atom. The van der Waals surface area contributed by atoms with Gasteiger partial charge in [0.1, 0.15) is 12.1 Å². The van der Waals surface area contributed by atoms with Crippen molar-refractivity contribution in [2.24, 2.45) is 33.4 Å². The van der Waals surface area contributed by atoms with Gasteiger partial charge in [-0.05, 0) is 141 Å². The van der Waals surface area contributed by atoms with Gasteiger partial charge in [-0.15, -0.1) is 21.5 Å². The summed E-state index contributed by atoms with van der Waals surface area (Å²) < 4.78 is 6.16. The summed E-state index contributed by atoms with van der Waals surface area (Å²) in [7, 11) is 0. The zero-order valence-corrected chi connectivity index (χ0v) is 58.5. The van der Waals surface area contributed by atoms with E-state index in [4.69, 9.17) is 54.5 Å². The fourth-order valence-corrected chi connectivity index (χ4v) is 20.0. The second-order valence-corrected chi connectivity index (χ2v) is 31.6. The molecule has 13 aromatic rings. The summed E-state index contributed by atoms with van der Waals surface area (Å²) in [6, 6.07) is 20.5. The summed E-state index contributed by atoms with van der Waals surface area (Å²) in [4.78, 5) is 60.5. The Balaban J connectivity index is 0.000000111. The normalized spacial score (nSPS) is 19.5. The highest BCUT2D eigenvalue weighted by Gasteiger charge is 2.50. The molecule has 0 bridgehead atoms. The number of anilines is 4. The van der Waals surface area contributed by atoms with E-state index >= 15 is 0 Å². The lowest BCUT2D eigenvalue weighted by molar-refractivity contribution is 0.185. The highest BCUT2D eigenvalue weighted by Crippen LogP contribution is 2.54. The quantitative estimate of drug-likeness (QED) is 0.0896. The number of fused-ring (bicyclic) bond motifs is 7. The molecule has 502 valence electrons. The third-order valence-corrected chi connectivity index (χ3v) is 26.1. The average Bonchev–Trinajstić information content (AvgIpc) is 1.90. The van der Waals surface area contributed by atoms with Crippen LogP contribution >= 0.6 is 58.2 Å². The topological polar surface area (TPSA) is 310 Å². The Hall–Kier alpha value is -8.87. The number of hydrogen-bond acceptors (Lipinski definition) is 24. The first-order valence-corrected chi connectivity index (χ1v) is 36.9. The number of aromatic amines is 1. The van der Waals surface area contributed by atoms with Crippen molar-refractivity contribution in [1.82, 2.24) is 83.4 Å². The van der Waals surface area contributed by atoms with Gasteiger partial charge in [0.2, 0.25) is 17.8 Å². The first-order valence-electron chi connectivity index (χ1n) is 33.3. The number of H-pyrrole nitrogens is 1. The number of nitrogens with one attached hydrogen (secondary N) is 1. The number of piperidine rings is 3. The first kappa shape index (κ1) is 63.6. The first-order chi connectivity index (χ1) is 48.3. The van der Waals surface area contributed by atoms with E-state index in [1.54, 1.807) is 59.8 Å². The van der Waals surface area contributed by atoms with Gasteiger partial charge >= 0.3 is 0 Å². The molecule has 1 aromatic carbocycles. The van der Waals surface area contributed by atoms with Crippen molar-refractivity contribution in [1.29, 1.82) is 0 Å². The lowest BCUT2D eigenvalue weighted by atomic mass is 9.73. The molecule has 3 fully saturated rings. The van der Waals surface area contributed by atoms with E-state index in [2.05, 4.69) is 105 Å². The predicted molar refractivity (Wildman–Crippen MR) is 387 cm³/mol. The summed E-state index contributed by atoms with van der Waals surface area (Å²) in [6.45, 7) is 9.52. The minimum absolute atomic E-state index is 0.00485. The SMILES string of the molecule is Cc1nc2c(s1)CC1(CCN(c3ncc(Sc4ccnc(N)c4Cl)c4nccn34)CC1)[C@@H]2N.Cc1ncccc1Sc1cnc(N2CCC3(CC2)Cc2cccnc2[C@H]3N)n2cnnc12.N[C@@H]1c2cccnc2CC12CCN(c1ncc(Sc3cccc4[nH]ncc34)c3nccn13)CC2. The number of imidazole rings is 2. The van der Waals surface area contributed by atoms with Crippen LogP contribution in [0.15, 0.2) is 171 Å². The number of nitrogens with zero attached hydrogens (tertiary/aromatic N) is 19. The molecule has 19 rings (SSSR count). The van der Waals surface area contributed by atoms with E-state index in [0.717, 1.165) is 194 Å². The number of nitrogen functional groups attached to an aromatic ring is 1. The molecule has 0 radical (unpaired) electrons. The van der Waals surface area contributed by atoms with Gasteiger partial charge in [0.25, 0.3) is 0 Å². The van der Waals surface area contributed by atoms with Crippen molar-refractivity contribution < 1.29 is 0 Å². The molecule has 3 aliphatic heterocycles. The van der Waals surface area contributed by atoms with Crippen LogP contribution in [0.4, 0.5) is 23.7 Å². The zero-order valence-electron chi connectivity index (χ0n) is 54.4.